The van der Waals surface area contributed by atoms with Crippen molar-refractivity contribution in [3.63, 3.8) is 0 Å². The van der Waals surface area contributed by atoms with Gasteiger partial charge in [-0.2, -0.15) is 0 Å². The Hall–Kier alpha value is -1.13. The van der Waals surface area contributed by atoms with E-state index in [1.165, 1.54) is 16.7 Å². The maximum Gasteiger partial charge on any atom is 0.183 e. The number of benzene rings is 1. The van der Waals surface area contributed by atoms with Gasteiger partial charge < -0.3 is 10.1 Å². The Morgan fingerprint density at radius 1 is 1.47 bits per heavy atom. The Labute approximate surface area is 118 Å². The molecule has 0 unspecified atom stereocenters. The molecule has 4 heteroatoms. The van der Waals surface area contributed by atoms with Gasteiger partial charge in [0.15, 0.2) is 5.13 Å². The third-order valence-electron chi connectivity index (χ3n) is 3.58. The molecular weight excluding hydrogens is 256 g/mol. The van der Waals surface area contributed by atoms with Crippen LogP contribution in [0.2, 0.25) is 0 Å². The fraction of sp³-hybridized carbons (Fsp3) is 0.533. The van der Waals surface area contributed by atoms with Crippen molar-refractivity contribution < 1.29 is 4.74 Å². The molecule has 0 aliphatic carbocycles. The highest BCUT2D eigenvalue weighted by atomic mass is 32.1. The zero-order chi connectivity index (χ0) is 13.2. The molecule has 1 aliphatic rings. The first-order valence-electron chi connectivity index (χ1n) is 6.99. The Balaban J connectivity index is 1.79. The second-order valence-electron chi connectivity index (χ2n) is 5.38. The van der Waals surface area contributed by atoms with Gasteiger partial charge in [-0.3, -0.25) is 0 Å². The predicted octanol–water partition coefficient (Wildman–Crippen LogP) is 4.01. The quantitative estimate of drug-likeness (QED) is 0.916. The van der Waals surface area contributed by atoms with E-state index in [1.807, 2.05) is 0 Å². The third kappa shape index (κ3) is 2.74. The number of para-hydroxylation sites is 1. The molecule has 1 aromatic heterocycles. The van der Waals surface area contributed by atoms with Gasteiger partial charge in [-0.15, -0.1) is 0 Å². The molecule has 1 saturated heterocycles. The fourth-order valence-electron chi connectivity index (χ4n) is 2.52. The van der Waals surface area contributed by atoms with Gasteiger partial charge in [0.1, 0.15) is 0 Å². The van der Waals surface area contributed by atoms with Crippen LogP contribution in [-0.4, -0.2) is 24.2 Å². The Kier molecular flexibility index (Phi) is 3.71. The van der Waals surface area contributed by atoms with E-state index in [4.69, 9.17) is 9.72 Å². The number of thiazole rings is 1. The largest absolute Gasteiger partial charge is 0.376 e. The molecule has 0 bridgehead atoms. The molecule has 3 nitrogen and oxygen atoms in total. The van der Waals surface area contributed by atoms with E-state index >= 15 is 0 Å². The molecule has 3 rings (SSSR count). The second-order valence-corrected chi connectivity index (χ2v) is 6.41. The predicted molar refractivity (Wildman–Crippen MR) is 81.2 cm³/mol. The second kappa shape index (κ2) is 5.47. The number of aromatic nitrogens is 1. The lowest BCUT2D eigenvalue weighted by Crippen LogP contribution is -2.18. The van der Waals surface area contributed by atoms with Crippen LogP contribution in [0.5, 0.6) is 0 Å². The van der Waals surface area contributed by atoms with Crippen LogP contribution >= 0.6 is 11.3 Å². The van der Waals surface area contributed by atoms with E-state index < -0.39 is 0 Å². The summed E-state index contributed by atoms with van der Waals surface area (Å²) in [6, 6.07) is 6.45. The average Bonchev–Trinajstić information content (AvgIpc) is 3.04. The van der Waals surface area contributed by atoms with Crippen LogP contribution in [0, 0.1) is 0 Å². The topological polar surface area (TPSA) is 34.1 Å². The number of nitrogens with one attached hydrogen (secondary N) is 1. The first-order valence-corrected chi connectivity index (χ1v) is 7.80. The summed E-state index contributed by atoms with van der Waals surface area (Å²) in [6.07, 6.45) is 2.70. The third-order valence-corrected chi connectivity index (χ3v) is 4.56. The van der Waals surface area contributed by atoms with Crippen molar-refractivity contribution in [2.75, 3.05) is 18.5 Å². The highest BCUT2D eigenvalue weighted by Gasteiger charge is 2.16. The summed E-state index contributed by atoms with van der Waals surface area (Å²) < 4.78 is 6.89. The molecule has 1 N–H and O–H groups in total. The number of nitrogens with zero attached hydrogens (tertiary/aromatic N) is 1. The smallest absolute Gasteiger partial charge is 0.183 e. The Bertz CT molecular complexity index is 558. The summed E-state index contributed by atoms with van der Waals surface area (Å²) in [5, 5.41) is 4.44. The number of hydrogen-bond acceptors (Lipinski definition) is 4. The molecule has 2 aromatic rings. The van der Waals surface area contributed by atoms with Crippen molar-refractivity contribution >= 4 is 26.7 Å². The lowest BCUT2D eigenvalue weighted by Gasteiger charge is -2.09. The van der Waals surface area contributed by atoms with E-state index in [1.54, 1.807) is 11.3 Å². The summed E-state index contributed by atoms with van der Waals surface area (Å²) in [5.74, 6) is 0.511. The minimum Gasteiger partial charge on any atom is -0.376 e. The van der Waals surface area contributed by atoms with Crippen molar-refractivity contribution in [1.82, 2.24) is 4.98 Å². The highest BCUT2D eigenvalue weighted by Crippen LogP contribution is 2.31. The van der Waals surface area contributed by atoms with E-state index in [9.17, 15) is 0 Å². The lowest BCUT2D eigenvalue weighted by atomic mass is 10.0. The Morgan fingerprint density at radius 2 is 2.37 bits per heavy atom. The molecule has 1 atom stereocenters. The highest BCUT2D eigenvalue weighted by molar-refractivity contribution is 7.22. The van der Waals surface area contributed by atoms with E-state index in [0.29, 0.717) is 12.0 Å². The fourth-order valence-corrected chi connectivity index (χ4v) is 3.43. The average molecular weight is 276 g/mol. The summed E-state index contributed by atoms with van der Waals surface area (Å²) in [6.45, 7) is 6.21. The molecular formula is C15H20N2OS. The van der Waals surface area contributed by atoms with E-state index in [2.05, 4.69) is 37.4 Å². The molecule has 102 valence electrons. The normalized spacial score (nSPS) is 19.4. The number of rotatable bonds is 4. The summed E-state index contributed by atoms with van der Waals surface area (Å²) >= 11 is 1.73. The molecule has 1 fully saturated rings. The lowest BCUT2D eigenvalue weighted by molar-refractivity contribution is 0.120. The van der Waals surface area contributed by atoms with Crippen LogP contribution < -0.4 is 5.32 Å². The van der Waals surface area contributed by atoms with Gasteiger partial charge in [-0.25, -0.2) is 4.98 Å². The van der Waals surface area contributed by atoms with Gasteiger partial charge in [0.2, 0.25) is 0 Å². The van der Waals surface area contributed by atoms with Crippen molar-refractivity contribution in [2.45, 2.75) is 38.7 Å². The van der Waals surface area contributed by atoms with Crippen LogP contribution in [-0.2, 0) is 4.74 Å². The maximum absolute atomic E-state index is 5.63. The minimum absolute atomic E-state index is 0.358. The monoisotopic (exact) mass is 276 g/mol. The van der Waals surface area contributed by atoms with Gasteiger partial charge in [-0.1, -0.05) is 37.3 Å². The molecule has 19 heavy (non-hydrogen) atoms. The van der Waals surface area contributed by atoms with Gasteiger partial charge >= 0.3 is 0 Å². The van der Waals surface area contributed by atoms with Crippen LogP contribution in [0.4, 0.5) is 5.13 Å². The Morgan fingerprint density at radius 3 is 3.11 bits per heavy atom. The molecule has 2 heterocycles. The number of ether oxygens (including phenoxy) is 1. The van der Waals surface area contributed by atoms with Gasteiger partial charge in [0, 0.05) is 13.2 Å². The maximum atomic E-state index is 5.63. The number of fused-ring (bicyclic) bond motifs is 1. The van der Waals surface area contributed by atoms with Crippen molar-refractivity contribution in [1.29, 1.82) is 0 Å². The number of anilines is 1. The van der Waals surface area contributed by atoms with E-state index in [0.717, 1.165) is 30.2 Å². The van der Waals surface area contributed by atoms with Crippen molar-refractivity contribution in [2.24, 2.45) is 0 Å². The zero-order valence-corrected chi connectivity index (χ0v) is 12.3. The zero-order valence-electron chi connectivity index (χ0n) is 11.5. The molecule has 1 aliphatic heterocycles. The van der Waals surface area contributed by atoms with Gasteiger partial charge in [-0.05, 0) is 30.4 Å². The number of hydrogen-bond donors (Lipinski definition) is 1. The first kappa shape index (κ1) is 12.9. The SMILES string of the molecule is CC(C)c1cccc2sc(NC[C@H]3CCCO3)nc12. The van der Waals surface area contributed by atoms with Gasteiger partial charge in [0.25, 0.3) is 0 Å². The van der Waals surface area contributed by atoms with Crippen LogP contribution in [0.1, 0.15) is 38.2 Å². The van der Waals surface area contributed by atoms with Crippen molar-refractivity contribution in [3.8, 4) is 0 Å². The van der Waals surface area contributed by atoms with Crippen molar-refractivity contribution in [3.05, 3.63) is 23.8 Å². The van der Waals surface area contributed by atoms with Crippen LogP contribution in [0.3, 0.4) is 0 Å². The first-order chi connectivity index (χ1) is 9.24. The molecule has 0 saturated carbocycles. The summed E-state index contributed by atoms with van der Waals surface area (Å²) in [5.41, 5.74) is 2.48. The van der Waals surface area contributed by atoms with Crippen LogP contribution in [0.15, 0.2) is 18.2 Å². The minimum atomic E-state index is 0.358. The summed E-state index contributed by atoms with van der Waals surface area (Å²) in [4.78, 5) is 4.75. The molecule has 1 aromatic carbocycles. The van der Waals surface area contributed by atoms with E-state index in [-0.39, 0.29) is 0 Å². The molecule has 0 amide bonds. The molecule has 0 spiro atoms. The molecule has 0 radical (unpaired) electrons. The van der Waals surface area contributed by atoms with Gasteiger partial charge in [0.05, 0.1) is 16.3 Å². The van der Waals surface area contributed by atoms with Crippen LogP contribution in [0.25, 0.3) is 10.2 Å². The summed E-state index contributed by atoms with van der Waals surface area (Å²) in [7, 11) is 0. The standard InChI is InChI=1S/C15H20N2OS/c1-10(2)12-6-3-7-13-14(12)17-15(19-13)16-9-11-5-4-8-18-11/h3,6-7,10-11H,4-5,8-9H2,1-2H3,(H,16,17)/t11-/m1/s1.